The number of nitrogens with one attached hydrogen (secondary N) is 1. The van der Waals surface area contributed by atoms with E-state index in [-0.39, 0.29) is 28.7 Å². The summed E-state index contributed by atoms with van der Waals surface area (Å²) in [5.41, 5.74) is 7.26. The average Bonchev–Trinajstić information content (AvgIpc) is 3.30. The predicted octanol–water partition coefficient (Wildman–Crippen LogP) is 2.62. The average molecular weight is 450 g/mol. The van der Waals surface area contributed by atoms with E-state index in [0.717, 1.165) is 25.0 Å². The predicted molar refractivity (Wildman–Crippen MR) is 118 cm³/mol. The molecule has 0 saturated carbocycles. The van der Waals surface area contributed by atoms with Gasteiger partial charge in [0.2, 0.25) is 0 Å². The molecule has 1 aliphatic heterocycles. The Kier molecular flexibility index (Phi) is 5.21. The molecule has 0 aliphatic carbocycles. The molecule has 0 spiro atoms. The van der Waals surface area contributed by atoms with Crippen molar-refractivity contribution < 1.29 is 13.6 Å². The maximum absolute atomic E-state index is 13.6. The van der Waals surface area contributed by atoms with Crippen molar-refractivity contribution in [2.24, 2.45) is 5.73 Å². The maximum Gasteiger partial charge on any atom is 0.258 e. The minimum atomic E-state index is -1.04. The zero-order valence-corrected chi connectivity index (χ0v) is 17.5. The first-order valence-corrected chi connectivity index (χ1v) is 10.5. The maximum atomic E-state index is 13.6. The van der Waals surface area contributed by atoms with Gasteiger partial charge in [-0.2, -0.15) is 0 Å². The van der Waals surface area contributed by atoms with Crippen LogP contribution in [0.25, 0.3) is 27.8 Å². The summed E-state index contributed by atoms with van der Waals surface area (Å²) in [5, 5.41) is 8.44. The highest BCUT2D eigenvalue weighted by molar-refractivity contribution is 5.94. The lowest BCUT2D eigenvalue weighted by Gasteiger charge is -2.30. The summed E-state index contributed by atoms with van der Waals surface area (Å²) >= 11 is 0. The number of halogens is 2. The topological polar surface area (TPSA) is 110 Å². The van der Waals surface area contributed by atoms with Gasteiger partial charge in [-0.3, -0.25) is 9.59 Å². The number of hydrogen-bond acceptors (Lipinski definition) is 5. The lowest BCUT2D eigenvalue weighted by molar-refractivity contribution is 0.0715. The third-order valence-electron chi connectivity index (χ3n) is 5.86. The van der Waals surface area contributed by atoms with Crippen LogP contribution >= 0.6 is 0 Å². The second-order valence-corrected chi connectivity index (χ2v) is 8.09. The molecule has 1 aliphatic rings. The normalized spacial score (nSPS) is 14.7. The fourth-order valence-corrected chi connectivity index (χ4v) is 3.95. The lowest BCUT2D eigenvalue weighted by atomic mass is 10.0. The number of carbonyl (C=O) groups is 1. The SMILES string of the molecule is NC1CCN(C(=O)c2ccc(-n3cc(-c4cc5cc(F)c(F)cc5[nH]c4=O)nn3)cc2)CC1. The van der Waals surface area contributed by atoms with E-state index < -0.39 is 17.2 Å². The Morgan fingerprint density at radius 2 is 1.76 bits per heavy atom. The van der Waals surface area contributed by atoms with Gasteiger partial charge in [-0.05, 0) is 49.2 Å². The first kappa shape index (κ1) is 21.0. The Morgan fingerprint density at radius 1 is 1.06 bits per heavy atom. The van der Waals surface area contributed by atoms with Crippen LogP contribution in [0.2, 0.25) is 0 Å². The molecule has 0 atom stereocenters. The third kappa shape index (κ3) is 4.00. The van der Waals surface area contributed by atoms with Crippen molar-refractivity contribution in [1.82, 2.24) is 24.9 Å². The van der Waals surface area contributed by atoms with E-state index in [1.54, 1.807) is 35.4 Å². The second-order valence-electron chi connectivity index (χ2n) is 8.09. The molecule has 168 valence electrons. The molecule has 0 unspecified atom stereocenters. The Bertz CT molecular complexity index is 1400. The molecule has 0 radical (unpaired) electrons. The Balaban J connectivity index is 1.40. The minimum Gasteiger partial charge on any atom is -0.339 e. The standard InChI is InChI=1S/C23H20F2N6O2/c24-18-10-14-9-17(22(32)27-20(14)11-19(18)25)21-12-31(29-28-21)16-3-1-13(2-4-16)23(33)30-7-5-15(26)6-8-30/h1-4,9-12,15H,5-8,26H2,(H,27,32). The molecule has 2 aromatic heterocycles. The molecule has 1 amide bonds. The Morgan fingerprint density at radius 3 is 2.48 bits per heavy atom. The van der Waals surface area contributed by atoms with Crippen molar-refractivity contribution >= 4 is 16.8 Å². The van der Waals surface area contributed by atoms with E-state index in [1.165, 1.54) is 10.7 Å². The smallest absolute Gasteiger partial charge is 0.258 e. The first-order chi connectivity index (χ1) is 15.9. The molecule has 8 nitrogen and oxygen atoms in total. The summed E-state index contributed by atoms with van der Waals surface area (Å²) < 4.78 is 28.5. The summed E-state index contributed by atoms with van der Waals surface area (Å²) in [6.07, 6.45) is 3.14. The monoisotopic (exact) mass is 450 g/mol. The highest BCUT2D eigenvalue weighted by Crippen LogP contribution is 2.21. The molecule has 10 heteroatoms. The van der Waals surface area contributed by atoms with E-state index in [4.69, 9.17) is 5.73 Å². The number of piperidine rings is 1. The fourth-order valence-electron chi connectivity index (χ4n) is 3.95. The summed E-state index contributed by atoms with van der Waals surface area (Å²) in [4.78, 5) is 29.5. The van der Waals surface area contributed by atoms with Crippen LogP contribution in [-0.2, 0) is 0 Å². The van der Waals surface area contributed by atoms with Gasteiger partial charge in [-0.25, -0.2) is 13.5 Å². The number of aromatic amines is 1. The zero-order chi connectivity index (χ0) is 23.1. The van der Waals surface area contributed by atoms with Crippen molar-refractivity contribution in [3.05, 3.63) is 76.2 Å². The highest BCUT2D eigenvalue weighted by atomic mass is 19.2. The van der Waals surface area contributed by atoms with Gasteiger partial charge in [-0.15, -0.1) is 5.10 Å². The molecule has 4 aromatic rings. The van der Waals surface area contributed by atoms with Crippen LogP contribution < -0.4 is 11.3 Å². The number of amides is 1. The lowest BCUT2D eigenvalue weighted by Crippen LogP contribution is -2.42. The number of pyridine rings is 1. The number of rotatable bonds is 3. The van der Waals surface area contributed by atoms with E-state index in [2.05, 4.69) is 15.3 Å². The van der Waals surface area contributed by atoms with Gasteiger partial charge < -0.3 is 15.6 Å². The van der Waals surface area contributed by atoms with Gasteiger partial charge in [0.05, 0.1) is 23.0 Å². The van der Waals surface area contributed by atoms with E-state index in [0.29, 0.717) is 29.7 Å². The number of likely N-dealkylation sites (tertiary alicyclic amines) is 1. The van der Waals surface area contributed by atoms with Crippen LogP contribution in [0.1, 0.15) is 23.2 Å². The summed E-state index contributed by atoms with van der Waals surface area (Å²) in [7, 11) is 0. The number of aromatic nitrogens is 4. The minimum absolute atomic E-state index is 0.0425. The number of carbonyl (C=O) groups excluding carboxylic acids is 1. The molecular weight excluding hydrogens is 430 g/mol. The number of hydrogen-bond donors (Lipinski definition) is 2. The Hall–Kier alpha value is -3.92. The van der Waals surface area contributed by atoms with Crippen molar-refractivity contribution in [3.8, 4) is 16.9 Å². The van der Waals surface area contributed by atoms with Crippen molar-refractivity contribution in [2.75, 3.05) is 13.1 Å². The van der Waals surface area contributed by atoms with Gasteiger partial charge in [0.25, 0.3) is 11.5 Å². The molecule has 3 heterocycles. The van der Waals surface area contributed by atoms with Crippen LogP contribution in [0.5, 0.6) is 0 Å². The van der Waals surface area contributed by atoms with Crippen LogP contribution in [-0.4, -0.2) is 49.9 Å². The van der Waals surface area contributed by atoms with Crippen LogP contribution in [0.3, 0.4) is 0 Å². The molecule has 3 N–H and O–H groups in total. The van der Waals surface area contributed by atoms with Crippen molar-refractivity contribution in [2.45, 2.75) is 18.9 Å². The first-order valence-electron chi connectivity index (χ1n) is 10.5. The fraction of sp³-hybridized carbons (Fsp3) is 0.217. The summed E-state index contributed by atoms with van der Waals surface area (Å²) in [6.45, 7) is 1.29. The third-order valence-corrected chi connectivity index (χ3v) is 5.86. The number of H-pyrrole nitrogens is 1. The van der Waals surface area contributed by atoms with Gasteiger partial charge in [0.15, 0.2) is 11.6 Å². The molecule has 5 rings (SSSR count). The molecular formula is C23H20F2N6O2. The van der Waals surface area contributed by atoms with Crippen LogP contribution in [0.4, 0.5) is 8.78 Å². The van der Waals surface area contributed by atoms with Gasteiger partial charge in [0.1, 0.15) is 5.69 Å². The van der Waals surface area contributed by atoms with Crippen molar-refractivity contribution in [1.29, 1.82) is 0 Å². The van der Waals surface area contributed by atoms with Gasteiger partial charge in [0, 0.05) is 36.1 Å². The quantitative estimate of drug-likeness (QED) is 0.499. The van der Waals surface area contributed by atoms with Crippen molar-refractivity contribution in [3.63, 3.8) is 0 Å². The number of nitrogens with two attached hydrogens (primary N) is 1. The van der Waals surface area contributed by atoms with E-state index >= 15 is 0 Å². The van der Waals surface area contributed by atoms with Crippen LogP contribution in [0, 0.1) is 11.6 Å². The van der Waals surface area contributed by atoms with E-state index in [1.807, 2.05) is 0 Å². The molecule has 1 fully saturated rings. The number of fused-ring (bicyclic) bond motifs is 1. The molecule has 1 saturated heterocycles. The Labute approximate surface area is 186 Å². The number of nitrogens with zero attached hydrogens (tertiary/aromatic N) is 4. The summed E-state index contributed by atoms with van der Waals surface area (Å²) in [6, 6.07) is 10.5. The number of benzene rings is 2. The molecule has 0 bridgehead atoms. The summed E-state index contributed by atoms with van der Waals surface area (Å²) in [5.74, 6) is -2.09. The van der Waals surface area contributed by atoms with Gasteiger partial charge in [-0.1, -0.05) is 5.21 Å². The van der Waals surface area contributed by atoms with E-state index in [9.17, 15) is 18.4 Å². The highest BCUT2D eigenvalue weighted by Gasteiger charge is 2.21. The molecule has 33 heavy (non-hydrogen) atoms. The second kappa shape index (κ2) is 8.21. The largest absolute Gasteiger partial charge is 0.339 e. The van der Waals surface area contributed by atoms with Gasteiger partial charge >= 0.3 is 0 Å². The zero-order valence-electron chi connectivity index (χ0n) is 17.5. The van der Waals surface area contributed by atoms with Crippen LogP contribution in [0.15, 0.2) is 53.5 Å². The molecule has 2 aromatic carbocycles.